The van der Waals surface area contributed by atoms with E-state index in [1.807, 2.05) is 0 Å². The molecular weight excluding hydrogens is 325 g/mol. The van der Waals surface area contributed by atoms with Crippen LogP contribution in [0.1, 0.15) is 43.0 Å². The van der Waals surface area contributed by atoms with Crippen LogP contribution in [0.3, 0.4) is 0 Å². The number of nitrogens with zero attached hydrogens (tertiary/aromatic N) is 2. The quantitative estimate of drug-likeness (QED) is 0.871. The van der Waals surface area contributed by atoms with Gasteiger partial charge in [-0.3, -0.25) is 4.79 Å². The number of hydrogen-bond donors (Lipinski definition) is 2. The van der Waals surface area contributed by atoms with Crippen LogP contribution >= 0.6 is 0 Å². The highest BCUT2D eigenvalue weighted by atomic mass is 19.4. The summed E-state index contributed by atoms with van der Waals surface area (Å²) < 4.78 is 40.1. The third-order valence-corrected chi connectivity index (χ3v) is 4.41. The normalized spacial score (nSPS) is 21.8. The van der Waals surface area contributed by atoms with Crippen molar-refractivity contribution in [2.75, 3.05) is 0 Å². The Morgan fingerprint density at radius 2 is 1.75 bits per heavy atom. The second kappa shape index (κ2) is 5.92. The molecule has 1 aromatic heterocycles. The molecule has 0 unspecified atom stereocenters. The summed E-state index contributed by atoms with van der Waals surface area (Å²) in [5.41, 5.74) is -0.939. The molecule has 0 spiro atoms. The second-order valence-electron chi connectivity index (χ2n) is 6.02. The third kappa shape index (κ3) is 3.13. The molecule has 1 saturated carbocycles. The number of hydrogen-bond acceptors (Lipinski definition) is 4. The largest absolute Gasteiger partial charge is 0.508 e. The Morgan fingerprint density at radius 1 is 1.08 bits per heavy atom. The Labute approximate surface area is 135 Å². The number of phenols is 1. The number of carbonyl (C=O) groups is 1. The number of rotatable bonds is 2. The highest BCUT2D eigenvalue weighted by Crippen LogP contribution is 2.41. The number of aromatic hydroxyl groups is 1. The summed E-state index contributed by atoms with van der Waals surface area (Å²) in [6.07, 6.45) is -3.35. The Hall–Kier alpha value is -2.38. The zero-order valence-electron chi connectivity index (χ0n) is 12.5. The van der Waals surface area contributed by atoms with Crippen LogP contribution in [0, 0.1) is 5.92 Å². The van der Waals surface area contributed by atoms with Crippen molar-refractivity contribution >= 4 is 17.0 Å². The first kappa shape index (κ1) is 16.5. The van der Waals surface area contributed by atoms with Crippen LogP contribution in [0.2, 0.25) is 0 Å². The van der Waals surface area contributed by atoms with Gasteiger partial charge in [0.25, 0.3) is 0 Å². The van der Waals surface area contributed by atoms with Crippen LogP contribution in [0.4, 0.5) is 13.2 Å². The summed E-state index contributed by atoms with van der Waals surface area (Å²) in [5.74, 6) is -2.08. The van der Waals surface area contributed by atoms with E-state index in [9.17, 15) is 23.1 Å². The highest BCUT2D eigenvalue weighted by molar-refractivity contribution is 5.76. The molecule has 2 N–H and O–H groups in total. The predicted octanol–water partition coefficient (Wildman–Crippen LogP) is 3.71. The summed E-state index contributed by atoms with van der Waals surface area (Å²) in [4.78, 5) is 18.8. The number of phenolic OH excluding ortho intramolecular Hbond substituents is 1. The Balaban J connectivity index is 2.03. The molecule has 1 heterocycles. The molecule has 1 aliphatic carbocycles. The van der Waals surface area contributed by atoms with Crippen molar-refractivity contribution < 1.29 is 28.2 Å². The standard InChI is InChI=1S/C16H15F3N2O3/c17-16(18,19)14-13(8-1-3-9(4-2-8)15(23)24)20-11-6-5-10(22)7-12(11)21-14/h5-9,22H,1-4H2,(H,23,24). The average molecular weight is 340 g/mol. The Kier molecular flexibility index (Phi) is 4.06. The van der Waals surface area contributed by atoms with E-state index >= 15 is 0 Å². The molecule has 24 heavy (non-hydrogen) atoms. The number of alkyl halides is 3. The molecule has 2 aromatic rings. The number of carboxylic acids is 1. The molecule has 0 aliphatic heterocycles. The van der Waals surface area contributed by atoms with Gasteiger partial charge in [0.05, 0.1) is 22.6 Å². The number of halogens is 3. The van der Waals surface area contributed by atoms with Crippen molar-refractivity contribution in [3.63, 3.8) is 0 Å². The van der Waals surface area contributed by atoms with Gasteiger partial charge < -0.3 is 10.2 Å². The zero-order valence-corrected chi connectivity index (χ0v) is 12.5. The average Bonchev–Trinajstić information content (AvgIpc) is 2.53. The van der Waals surface area contributed by atoms with Crippen molar-refractivity contribution in [2.45, 2.75) is 37.8 Å². The fourth-order valence-corrected chi connectivity index (χ4v) is 3.16. The van der Waals surface area contributed by atoms with E-state index in [2.05, 4.69) is 9.97 Å². The monoisotopic (exact) mass is 340 g/mol. The Morgan fingerprint density at radius 3 is 2.33 bits per heavy atom. The fraction of sp³-hybridized carbons (Fsp3) is 0.438. The minimum atomic E-state index is -4.66. The van der Waals surface area contributed by atoms with Gasteiger partial charge in [0.15, 0.2) is 5.69 Å². The maximum absolute atomic E-state index is 13.4. The van der Waals surface area contributed by atoms with Gasteiger partial charge >= 0.3 is 12.1 Å². The van der Waals surface area contributed by atoms with Crippen LogP contribution in [0.5, 0.6) is 5.75 Å². The van der Waals surface area contributed by atoms with E-state index < -0.39 is 29.7 Å². The number of benzene rings is 1. The maximum Gasteiger partial charge on any atom is 0.435 e. The molecule has 0 saturated heterocycles. The van der Waals surface area contributed by atoms with E-state index in [4.69, 9.17) is 5.11 Å². The summed E-state index contributed by atoms with van der Waals surface area (Å²) in [5, 5.41) is 18.4. The van der Waals surface area contributed by atoms with Gasteiger partial charge in [-0.2, -0.15) is 13.2 Å². The summed E-state index contributed by atoms with van der Waals surface area (Å²) in [6, 6.07) is 3.91. The van der Waals surface area contributed by atoms with Gasteiger partial charge in [0, 0.05) is 12.0 Å². The molecule has 128 valence electrons. The van der Waals surface area contributed by atoms with Gasteiger partial charge in [-0.05, 0) is 37.8 Å². The third-order valence-electron chi connectivity index (χ3n) is 4.41. The van der Waals surface area contributed by atoms with Gasteiger partial charge in [0.1, 0.15) is 5.75 Å². The van der Waals surface area contributed by atoms with Crippen LogP contribution in [0.15, 0.2) is 18.2 Å². The van der Waals surface area contributed by atoms with Crippen molar-refractivity contribution in [1.29, 1.82) is 0 Å². The molecule has 1 aromatic carbocycles. The van der Waals surface area contributed by atoms with E-state index in [1.165, 1.54) is 12.1 Å². The number of aliphatic carboxylic acids is 1. The second-order valence-corrected chi connectivity index (χ2v) is 6.02. The summed E-state index contributed by atoms with van der Waals surface area (Å²) >= 11 is 0. The molecule has 0 radical (unpaired) electrons. The first-order chi connectivity index (χ1) is 11.3. The highest BCUT2D eigenvalue weighted by Gasteiger charge is 2.40. The minimum Gasteiger partial charge on any atom is -0.508 e. The smallest absolute Gasteiger partial charge is 0.435 e. The number of aromatic nitrogens is 2. The summed E-state index contributed by atoms with van der Waals surface area (Å²) in [6.45, 7) is 0. The molecule has 0 bridgehead atoms. The molecular formula is C16H15F3N2O3. The lowest BCUT2D eigenvalue weighted by molar-refractivity contribution is -0.144. The molecule has 0 amide bonds. The van der Waals surface area contributed by atoms with Gasteiger partial charge in [-0.1, -0.05) is 0 Å². The van der Waals surface area contributed by atoms with Gasteiger partial charge in [0.2, 0.25) is 0 Å². The first-order valence-corrected chi connectivity index (χ1v) is 7.56. The first-order valence-electron chi connectivity index (χ1n) is 7.56. The molecule has 8 heteroatoms. The van der Waals surface area contributed by atoms with Crippen molar-refractivity contribution in [3.05, 3.63) is 29.6 Å². The fourth-order valence-electron chi connectivity index (χ4n) is 3.16. The Bertz CT molecular complexity index is 784. The van der Waals surface area contributed by atoms with E-state index in [0.29, 0.717) is 25.7 Å². The number of carboxylic acid groups (broad SMARTS) is 1. The lowest BCUT2D eigenvalue weighted by Gasteiger charge is -2.27. The summed E-state index contributed by atoms with van der Waals surface area (Å²) in [7, 11) is 0. The van der Waals surface area contributed by atoms with Crippen molar-refractivity contribution in [1.82, 2.24) is 9.97 Å². The SMILES string of the molecule is O=C(O)C1CCC(c2nc3ccc(O)cc3nc2C(F)(F)F)CC1. The van der Waals surface area contributed by atoms with Crippen LogP contribution in [0.25, 0.3) is 11.0 Å². The van der Waals surface area contributed by atoms with Crippen molar-refractivity contribution in [2.24, 2.45) is 5.92 Å². The van der Waals surface area contributed by atoms with Gasteiger partial charge in [-0.15, -0.1) is 0 Å². The molecule has 0 atom stereocenters. The number of fused-ring (bicyclic) bond motifs is 1. The van der Waals surface area contributed by atoms with E-state index in [0.717, 1.165) is 6.07 Å². The lowest BCUT2D eigenvalue weighted by Crippen LogP contribution is -2.23. The van der Waals surface area contributed by atoms with Crippen LogP contribution < -0.4 is 0 Å². The van der Waals surface area contributed by atoms with E-state index in [1.54, 1.807) is 0 Å². The molecule has 3 rings (SSSR count). The zero-order chi connectivity index (χ0) is 17.5. The lowest BCUT2D eigenvalue weighted by atomic mass is 9.80. The van der Waals surface area contributed by atoms with E-state index in [-0.39, 0.29) is 22.5 Å². The van der Waals surface area contributed by atoms with Crippen LogP contribution in [-0.2, 0) is 11.0 Å². The topological polar surface area (TPSA) is 83.3 Å². The predicted molar refractivity (Wildman–Crippen MR) is 78.5 cm³/mol. The van der Waals surface area contributed by atoms with Crippen molar-refractivity contribution in [3.8, 4) is 5.75 Å². The minimum absolute atomic E-state index is 0.0229. The van der Waals surface area contributed by atoms with Gasteiger partial charge in [-0.25, -0.2) is 9.97 Å². The molecule has 1 aliphatic rings. The molecule has 5 nitrogen and oxygen atoms in total. The van der Waals surface area contributed by atoms with Crippen LogP contribution in [-0.4, -0.2) is 26.2 Å². The maximum atomic E-state index is 13.4. The molecule has 1 fully saturated rings.